The van der Waals surface area contributed by atoms with E-state index in [1.54, 1.807) is 6.07 Å². The number of thioether (sulfide) groups is 1. The Balaban J connectivity index is 2.56. The normalized spacial score (nSPS) is 10.3. The van der Waals surface area contributed by atoms with Gasteiger partial charge in [0.25, 0.3) is 5.69 Å². The Morgan fingerprint density at radius 1 is 1.39 bits per heavy atom. The lowest BCUT2D eigenvalue weighted by Gasteiger charge is -2.07. The van der Waals surface area contributed by atoms with Crippen LogP contribution >= 0.6 is 11.8 Å². The summed E-state index contributed by atoms with van der Waals surface area (Å²) in [7, 11) is 0. The second-order valence-electron chi connectivity index (χ2n) is 4.08. The smallest absolute Gasteiger partial charge is 0.274 e. The number of aryl methyl sites for hydroxylation is 1. The van der Waals surface area contributed by atoms with Crippen molar-refractivity contribution in [2.75, 3.05) is 23.9 Å². The summed E-state index contributed by atoms with van der Waals surface area (Å²) in [6.07, 6.45) is 5.04. The van der Waals surface area contributed by atoms with E-state index < -0.39 is 0 Å². The van der Waals surface area contributed by atoms with E-state index in [0.717, 1.165) is 30.0 Å². The molecule has 0 amide bonds. The minimum atomic E-state index is -0.308. The van der Waals surface area contributed by atoms with E-state index in [0.29, 0.717) is 6.42 Å². The van der Waals surface area contributed by atoms with E-state index in [1.807, 2.05) is 30.8 Å². The van der Waals surface area contributed by atoms with Gasteiger partial charge in [-0.1, -0.05) is 13.0 Å². The SMILES string of the molecule is CCc1ccc(NCCCCSC)cc1[N+](=O)[O-]. The van der Waals surface area contributed by atoms with Crippen LogP contribution in [0.15, 0.2) is 18.2 Å². The summed E-state index contributed by atoms with van der Waals surface area (Å²) >= 11 is 1.84. The molecule has 0 fully saturated rings. The zero-order chi connectivity index (χ0) is 13.4. The lowest BCUT2D eigenvalue weighted by Crippen LogP contribution is -2.03. The van der Waals surface area contributed by atoms with E-state index in [9.17, 15) is 10.1 Å². The van der Waals surface area contributed by atoms with Crippen LogP contribution in [-0.2, 0) is 6.42 Å². The maximum Gasteiger partial charge on any atom is 0.274 e. The third-order valence-corrected chi connectivity index (χ3v) is 3.46. The highest BCUT2D eigenvalue weighted by molar-refractivity contribution is 7.98. The lowest BCUT2D eigenvalue weighted by atomic mass is 10.1. The van der Waals surface area contributed by atoms with Gasteiger partial charge in [-0.05, 0) is 37.3 Å². The Labute approximate surface area is 112 Å². The van der Waals surface area contributed by atoms with Gasteiger partial charge in [0, 0.05) is 23.9 Å². The van der Waals surface area contributed by atoms with Crippen molar-refractivity contribution in [3.8, 4) is 0 Å². The van der Waals surface area contributed by atoms with Gasteiger partial charge in [-0.2, -0.15) is 11.8 Å². The monoisotopic (exact) mass is 268 g/mol. The second-order valence-corrected chi connectivity index (χ2v) is 5.07. The molecule has 0 aliphatic rings. The van der Waals surface area contributed by atoms with Gasteiger partial charge in [-0.3, -0.25) is 10.1 Å². The van der Waals surface area contributed by atoms with E-state index >= 15 is 0 Å². The van der Waals surface area contributed by atoms with Crippen LogP contribution in [-0.4, -0.2) is 23.5 Å². The number of unbranched alkanes of at least 4 members (excludes halogenated alkanes) is 1. The molecule has 0 bridgehead atoms. The van der Waals surface area contributed by atoms with Crippen molar-refractivity contribution >= 4 is 23.1 Å². The number of rotatable bonds is 8. The molecule has 100 valence electrons. The first kappa shape index (κ1) is 14.8. The summed E-state index contributed by atoms with van der Waals surface area (Å²) < 4.78 is 0. The van der Waals surface area contributed by atoms with Crippen LogP contribution in [0.25, 0.3) is 0 Å². The largest absolute Gasteiger partial charge is 0.385 e. The number of nitro benzene ring substituents is 1. The van der Waals surface area contributed by atoms with Crippen molar-refractivity contribution < 1.29 is 4.92 Å². The van der Waals surface area contributed by atoms with Gasteiger partial charge < -0.3 is 5.32 Å². The molecule has 0 spiro atoms. The molecule has 0 radical (unpaired) electrons. The molecule has 0 heterocycles. The summed E-state index contributed by atoms with van der Waals surface area (Å²) in [6.45, 7) is 2.79. The Kier molecular flexibility index (Phi) is 6.57. The van der Waals surface area contributed by atoms with Crippen LogP contribution in [0.2, 0.25) is 0 Å². The fraction of sp³-hybridized carbons (Fsp3) is 0.538. The van der Waals surface area contributed by atoms with Crippen molar-refractivity contribution in [3.63, 3.8) is 0 Å². The van der Waals surface area contributed by atoms with Gasteiger partial charge in [-0.25, -0.2) is 0 Å². The van der Waals surface area contributed by atoms with Crippen LogP contribution < -0.4 is 5.32 Å². The third-order valence-electron chi connectivity index (χ3n) is 2.77. The molecule has 0 unspecified atom stereocenters. The summed E-state index contributed by atoms with van der Waals surface area (Å²) in [5.74, 6) is 1.16. The van der Waals surface area contributed by atoms with Crippen molar-refractivity contribution in [1.29, 1.82) is 0 Å². The number of nitrogens with zero attached hydrogens (tertiary/aromatic N) is 1. The summed E-state index contributed by atoms with van der Waals surface area (Å²) in [4.78, 5) is 10.6. The third kappa shape index (κ3) is 4.56. The molecule has 0 atom stereocenters. The predicted octanol–water partition coefficient (Wildman–Crippen LogP) is 3.71. The van der Waals surface area contributed by atoms with Gasteiger partial charge in [-0.15, -0.1) is 0 Å². The fourth-order valence-corrected chi connectivity index (χ4v) is 2.24. The minimum Gasteiger partial charge on any atom is -0.385 e. The molecule has 1 N–H and O–H groups in total. The summed E-state index contributed by atoms with van der Waals surface area (Å²) in [6, 6.07) is 5.39. The van der Waals surface area contributed by atoms with Crippen LogP contribution in [0.5, 0.6) is 0 Å². The fourth-order valence-electron chi connectivity index (χ4n) is 1.75. The Morgan fingerprint density at radius 2 is 2.17 bits per heavy atom. The summed E-state index contributed by atoms with van der Waals surface area (Å²) in [5.41, 5.74) is 1.84. The molecule has 18 heavy (non-hydrogen) atoms. The van der Waals surface area contributed by atoms with Crippen LogP contribution in [0.3, 0.4) is 0 Å². The molecule has 5 heteroatoms. The van der Waals surface area contributed by atoms with E-state index in [-0.39, 0.29) is 10.6 Å². The zero-order valence-electron chi connectivity index (χ0n) is 10.9. The number of anilines is 1. The highest BCUT2D eigenvalue weighted by Crippen LogP contribution is 2.23. The van der Waals surface area contributed by atoms with Gasteiger partial charge in [0.1, 0.15) is 0 Å². The standard InChI is InChI=1S/C13H20N2O2S/c1-3-11-6-7-12(10-13(11)15(16)17)14-8-4-5-9-18-2/h6-7,10,14H,3-5,8-9H2,1-2H3. The van der Waals surface area contributed by atoms with Gasteiger partial charge in [0.05, 0.1) is 4.92 Å². The molecule has 4 nitrogen and oxygen atoms in total. The molecule has 1 aromatic carbocycles. The molecule has 1 aromatic rings. The lowest BCUT2D eigenvalue weighted by molar-refractivity contribution is -0.385. The van der Waals surface area contributed by atoms with E-state index in [4.69, 9.17) is 0 Å². The molecule has 0 saturated heterocycles. The molecular formula is C13H20N2O2S. The highest BCUT2D eigenvalue weighted by Gasteiger charge is 2.12. The number of nitrogens with one attached hydrogen (secondary N) is 1. The highest BCUT2D eigenvalue weighted by atomic mass is 32.2. The van der Waals surface area contributed by atoms with Gasteiger partial charge in [0.2, 0.25) is 0 Å². The first-order chi connectivity index (χ1) is 8.69. The molecule has 0 aliphatic heterocycles. The Hall–Kier alpha value is -1.23. The van der Waals surface area contributed by atoms with Crippen LogP contribution in [0.1, 0.15) is 25.3 Å². The van der Waals surface area contributed by atoms with Crippen molar-refractivity contribution in [2.24, 2.45) is 0 Å². The quantitative estimate of drug-likeness (QED) is 0.443. The van der Waals surface area contributed by atoms with Crippen molar-refractivity contribution in [1.82, 2.24) is 0 Å². The first-order valence-corrected chi connectivity index (χ1v) is 7.58. The first-order valence-electron chi connectivity index (χ1n) is 6.19. The zero-order valence-corrected chi connectivity index (χ0v) is 11.8. The maximum atomic E-state index is 10.9. The molecular weight excluding hydrogens is 248 g/mol. The summed E-state index contributed by atoms with van der Waals surface area (Å²) in [5, 5.41) is 14.2. The average molecular weight is 268 g/mol. The minimum absolute atomic E-state index is 0.214. The molecule has 0 saturated carbocycles. The predicted molar refractivity (Wildman–Crippen MR) is 78.6 cm³/mol. The van der Waals surface area contributed by atoms with E-state index in [2.05, 4.69) is 11.6 Å². The van der Waals surface area contributed by atoms with Gasteiger partial charge >= 0.3 is 0 Å². The Bertz CT molecular complexity index is 397. The topological polar surface area (TPSA) is 55.2 Å². The molecule has 0 aliphatic carbocycles. The number of hydrogen-bond donors (Lipinski definition) is 1. The Morgan fingerprint density at radius 3 is 2.78 bits per heavy atom. The second kappa shape index (κ2) is 7.97. The van der Waals surface area contributed by atoms with Crippen molar-refractivity contribution in [2.45, 2.75) is 26.2 Å². The number of benzene rings is 1. The maximum absolute atomic E-state index is 10.9. The molecule has 0 aromatic heterocycles. The van der Waals surface area contributed by atoms with Crippen LogP contribution in [0, 0.1) is 10.1 Å². The molecule has 1 rings (SSSR count). The van der Waals surface area contributed by atoms with E-state index in [1.165, 1.54) is 6.42 Å². The number of nitro groups is 1. The van der Waals surface area contributed by atoms with Crippen LogP contribution in [0.4, 0.5) is 11.4 Å². The van der Waals surface area contributed by atoms with Crippen molar-refractivity contribution in [3.05, 3.63) is 33.9 Å². The average Bonchev–Trinajstić information content (AvgIpc) is 2.38. The number of hydrogen-bond acceptors (Lipinski definition) is 4. The van der Waals surface area contributed by atoms with Gasteiger partial charge in [0.15, 0.2) is 0 Å².